The second-order valence-corrected chi connectivity index (χ2v) is 9.46. The molecule has 31 heavy (non-hydrogen) atoms. The zero-order chi connectivity index (χ0) is 22.0. The molecule has 4 rings (SSSR count). The molecule has 0 radical (unpaired) electrons. The Kier molecular flexibility index (Phi) is 6.57. The van der Waals surface area contributed by atoms with Crippen LogP contribution in [0.2, 0.25) is 0 Å². The number of aromatic nitrogens is 2. The monoisotopic (exact) mass is 416 g/mol. The topological polar surface area (TPSA) is 32.3 Å². The lowest BCUT2D eigenvalue weighted by molar-refractivity contribution is 0.158. The van der Waals surface area contributed by atoms with Crippen molar-refractivity contribution in [1.29, 1.82) is 0 Å². The molecule has 3 aromatic rings. The van der Waals surface area contributed by atoms with Crippen LogP contribution in [-0.4, -0.2) is 41.0 Å². The van der Waals surface area contributed by atoms with Gasteiger partial charge in [0.1, 0.15) is 0 Å². The summed E-state index contributed by atoms with van der Waals surface area (Å²) in [5.41, 5.74) is 5.78. The van der Waals surface area contributed by atoms with Crippen molar-refractivity contribution in [2.24, 2.45) is 0 Å². The minimum Gasteiger partial charge on any atom is -0.368 e. The Morgan fingerprint density at radius 3 is 2.42 bits per heavy atom. The average molecular weight is 417 g/mol. The van der Waals surface area contributed by atoms with E-state index in [0.717, 1.165) is 17.8 Å². The van der Waals surface area contributed by atoms with Crippen LogP contribution in [0, 0.1) is 6.92 Å². The van der Waals surface area contributed by atoms with Crippen LogP contribution in [0.15, 0.2) is 48.5 Å². The van der Waals surface area contributed by atoms with Crippen LogP contribution >= 0.6 is 0 Å². The number of pyridine rings is 2. The smallest absolute Gasteiger partial charge is 0.0938 e. The maximum Gasteiger partial charge on any atom is 0.0938 e. The zero-order valence-electron chi connectivity index (χ0n) is 19.7. The van der Waals surface area contributed by atoms with E-state index in [-0.39, 0.29) is 0 Å². The Morgan fingerprint density at radius 1 is 0.903 bits per heavy atom. The summed E-state index contributed by atoms with van der Waals surface area (Å²) in [6, 6.07) is 18.3. The van der Waals surface area contributed by atoms with E-state index in [0.29, 0.717) is 18.0 Å². The van der Waals surface area contributed by atoms with Gasteiger partial charge in [-0.3, -0.25) is 14.9 Å². The van der Waals surface area contributed by atoms with Crippen LogP contribution < -0.4 is 4.90 Å². The first-order valence-corrected chi connectivity index (χ1v) is 11.7. The van der Waals surface area contributed by atoms with Gasteiger partial charge in [-0.25, -0.2) is 0 Å². The van der Waals surface area contributed by atoms with Gasteiger partial charge in [-0.1, -0.05) is 51.0 Å². The summed E-state index contributed by atoms with van der Waals surface area (Å²) in [5.74, 6) is 0.459. The van der Waals surface area contributed by atoms with Crippen LogP contribution in [0.5, 0.6) is 0 Å². The normalized spacial score (nSPS) is 19.3. The van der Waals surface area contributed by atoms with E-state index in [1.165, 1.54) is 48.1 Å². The predicted octanol–water partition coefficient (Wildman–Crippen LogP) is 5.94. The minimum absolute atomic E-state index is 0.459. The van der Waals surface area contributed by atoms with Gasteiger partial charge in [0.05, 0.1) is 16.9 Å². The van der Waals surface area contributed by atoms with Gasteiger partial charge in [-0.2, -0.15) is 0 Å². The van der Waals surface area contributed by atoms with Gasteiger partial charge < -0.3 is 4.90 Å². The van der Waals surface area contributed by atoms with Crippen molar-refractivity contribution < 1.29 is 0 Å². The Balaban J connectivity index is 1.59. The van der Waals surface area contributed by atoms with Gasteiger partial charge in [-0.05, 0) is 57.0 Å². The van der Waals surface area contributed by atoms with E-state index in [2.05, 4.69) is 93.2 Å². The van der Waals surface area contributed by atoms with Crippen LogP contribution in [0.1, 0.15) is 62.5 Å². The fourth-order valence-corrected chi connectivity index (χ4v) is 5.03. The van der Waals surface area contributed by atoms with Crippen LogP contribution in [-0.2, 0) is 6.54 Å². The highest BCUT2D eigenvalue weighted by Crippen LogP contribution is 2.33. The first-order valence-electron chi connectivity index (χ1n) is 11.7. The third-order valence-corrected chi connectivity index (χ3v) is 6.81. The second-order valence-electron chi connectivity index (χ2n) is 9.46. The van der Waals surface area contributed by atoms with E-state index in [9.17, 15) is 0 Å². The summed E-state index contributed by atoms with van der Waals surface area (Å²) in [4.78, 5) is 14.8. The van der Waals surface area contributed by atoms with Crippen molar-refractivity contribution in [3.63, 3.8) is 0 Å². The van der Waals surface area contributed by atoms with E-state index in [1.54, 1.807) is 0 Å². The molecule has 0 aliphatic heterocycles. The fourth-order valence-electron chi connectivity index (χ4n) is 5.03. The lowest BCUT2D eigenvalue weighted by Gasteiger charge is -2.43. The summed E-state index contributed by atoms with van der Waals surface area (Å²) in [5, 5.41) is 1.21. The number of hydrogen-bond donors (Lipinski definition) is 0. The molecule has 2 heterocycles. The Morgan fingerprint density at radius 2 is 1.65 bits per heavy atom. The molecule has 0 spiro atoms. The van der Waals surface area contributed by atoms with Gasteiger partial charge in [0, 0.05) is 42.5 Å². The SMILES string of the molecule is Cc1ccc2cccc(N(C)C3CCCCC3N(C)Cc3cccc(C(C)C)n3)c2n1. The third-order valence-electron chi connectivity index (χ3n) is 6.81. The molecule has 1 aliphatic carbocycles. The summed E-state index contributed by atoms with van der Waals surface area (Å²) in [6.45, 7) is 7.39. The number of anilines is 1. The fraction of sp³-hybridized carbons (Fsp3) is 0.481. The molecule has 2 unspecified atom stereocenters. The van der Waals surface area contributed by atoms with Crippen LogP contribution in [0.25, 0.3) is 10.9 Å². The molecule has 1 aromatic carbocycles. The summed E-state index contributed by atoms with van der Waals surface area (Å²) >= 11 is 0. The van der Waals surface area contributed by atoms with Gasteiger partial charge in [0.2, 0.25) is 0 Å². The van der Waals surface area contributed by atoms with Gasteiger partial charge in [-0.15, -0.1) is 0 Å². The molecule has 0 N–H and O–H groups in total. The van der Waals surface area contributed by atoms with Crippen molar-refractivity contribution in [2.75, 3.05) is 19.0 Å². The van der Waals surface area contributed by atoms with E-state index in [4.69, 9.17) is 9.97 Å². The molecule has 0 saturated heterocycles. The number of aryl methyl sites for hydroxylation is 1. The van der Waals surface area contributed by atoms with Crippen molar-refractivity contribution in [1.82, 2.24) is 14.9 Å². The standard InChI is InChI=1S/C27H36N4/c1-19(2)23-12-9-11-22(29-23)18-30(4)24-13-6-7-14-25(24)31(5)26-15-8-10-21-17-16-20(3)28-27(21)26/h8-12,15-17,19,24-25H,6-7,13-14,18H2,1-5H3. The van der Waals surface area contributed by atoms with E-state index in [1.807, 2.05) is 0 Å². The first-order chi connectivity index (χ1) is 14.9. The quantitative estimate of drug-likeness (QED) is 0.498. The van der Waals surface area contributed by atoms with Gasteiger partial charge in [0.25, 0.3) is 0 Å². The number of benzene rings is 1. The molecule has 0 bridgehead atoms. The lowest BCUT2D eigenvalue weighted by atomic mass is 9.88. The Labute approximate surface area is 187 Å². The summed E-state index contributed by atoms with van der Waals surface area (Å²) < 4.78 is 0. The number of likely N-dealkylation sites (N-methyl/N-ethyl adjacent to an activating group) is 2. The van der Waals surface area contributed by atoms with Gasteiger partial charge in [0.15, 0.2) is 0 Å². The van der Waals surface area contributed by atoms with Crippen LogP contribution in [0.3, 0.4) is 0 Å². The van der Waals surface area contributed by atoms with Crippen molar-refractivity contribution in [3.8, 4) is 0 Å². The Bertz CT molecular complexity index is 1030. The summed E-state index contributed by atoms with van der Waals surface area (Å²) in [7, 11) is 4.53. The van der Waals surface area contributed by atoms with Crippen molar-refractivity contribution in [3.05, 3.63) is 65.6 Å². The van der Waals surface area contributed by atoms with E-state index < -0.39 is 0 Å². The van der Waals surface area contributed by atoms with Gasteiger partial charge >= 0.3 is 0 Å². The average Bonchev–Trinajstić information content (AvgIpc) is 2.78. The molecule has 4 heteroatoms. The molecule has 1 saturated carbocycles. The molecular weight excluding hydrogens is 380 g/mol. The number of nitrogens with zero attached hydrogens (tertiary/aromatic N) is 4. The third kappa shape index (κ3) is 4.74. The molecule has 1 fully saturated rings. The highest BCUT2D eigenvalue weighted by atomic mass is 15.2. The molecule has 2 aromatic heterocycles. The predicted molar refractivity (Wildman–Crippen MR) is 131 cm³/mol. The van der Waals surface area contributed by atoms with Crippen molar-refractivity contribution in [2.45, 2.75) is 71.0 Å². The van der Waals surface area contributed by atoms with Crippen LogP contribution in [0.4, 0.5) is 5.69 Å². The van der Waals surface area contributed by atoms with Crippen molar-refractivity contribution >= 4 is 16.6 Å². The molecule has 164 valence electrons. The first kappa shape index (κ1) is 21.8. The molecule has 2 atom stereocenters. The molecule has 4 nitrogen and oxygen atoms in total. The lowest BCUT2D eigenvalue weighted by Crippen LogP contribution is -2.51. The number of rotatable bonds is 6. The number of para-hydroxylation sites is 1. The zero-order valence-corrected chi connectivity index (χ0v) is 19.7. The highest BCUT2D eigenvalue weighted by molar-refractivity contribution is 5.91. The summed E-state index contributed by atoms with van der Waals surface area (Å²) in [6.07, 6.45) is 5.03. The highest BCUT2D eigenvalue weighted by Gasteiger charge is 2.32. The number of hydrogen-bond acceptors (Lipinski definition) is 4. The molecule has 1 aliphatic rings. The molecule has 0 amide bonds. The number of fused-ring (bicyclic) bond motifs is 1. The second kappa shape index (κ2) is 9.35. The van der Waals surface area contributed by atoms with E-state index >= 15 is 0 Å². The minimum atomic E-state index is 0.459. The maximum absolute atomic E-state index is 4.92. The maximum atomic E-state index is 4.92. The largest absolute Gasteiger partial charge is 0.368 e. The molecular formula is C27H36N4. The Hall–Kier alpha value is -2.46.